The molecule has 28 heavy (non-hydrogen) atoms. The molecule has 1 fully saturated rings. The molecular formula is C21H32IN5O. The average molecular weight is 497 g/mol. The van der Waals surface area contributed by atoms with E-state index in [4.69, 9.17) is 4.74 Å². The fourth-order valence-corrected chi connectivity index (χ4v) is 3.46. The fourth-order valence-electron chi connectivity index (χ4n) is 3.46. The van der Waals surface area contributed by atoms with Gasteiger partial charge in [-0.3, -0.25) is 9.67 Å². The van der Waals surface area contributed by atoms with Gasteiger partial charge in [-0.25, -0.2) is 0 Å². The molecule has 6 nitrogen and oxygen atoms in total. The van der Waals surface area contributed by atoms with Crippen molar-refractivity contribution in [2.24, 2.45) is 12.0 Å². The number of benzene rings is 1. The van der Waals surface area contributed by atoms with E-state index in [1.54, 1.807) is 0 Å². The molecule has 1 N–H and O–H groups in total. The zero-order valence-electron chi connectivity index (χ0n) is 16.9. The second-order valence-electron chi connectivity index (χ2n) is 7.02. The van der Waals surface area contributed by atoms with E-state index in [2.05, 4.69) is 50.6 Å². The van der Waals surface area contributed by atoms with E-state index in [1.807, 2.05) is 31.2 Å². The summed E-state index contributed by atoms with van der Waals surface area (Å²) in [6.07, 6.45) is 8.73. The maximum Gasteiger partial charge on any atom is 0.193 e. The van der Waals surface area contributed by atoms with Gasteiger partial charge in [0.25, 0.3) is 0 Å². The fraction of sp³-hybridized carbons (Fsp3) is 0.524. The Morgan fingerprint density at radius 1 is 1.25 bits per heavy atom. The van der Waals surface area contributed by atoms with Gasteiger partial charge in [-0.15, -0.1) is 24.0 Å². The molecule has 1 saturated heterocycles. The average Bonchev–Trinajstić information content (AvgIpc) is 3.15. The first-order chi connectivity index (χ1) is 13.3. The van der Waals surface area contributed by atoms with Crippen LogP contribution in [0.25, 0.3) is 0 Å². The Morgan fingerprint density at radius 2 is 2.07 bits per heavy atom. The number of hydrogen-bond acceptors (Lipinski definition) is 3. The number of unbranched alkanes of at least 4 members (excludes halogenated alkanes) is 2. The van der Waals surface area contributed by atoms with Crippen LogP contribution in [0.15, 0.2) is 47.7 Å². The van der Waals surface area contributed by atoms with Crippen molar-refractivity contribution in [2.45, 2.75) is 31.8 Å². The van der Waals surface area contributed by atoms with Crippen LogP contribution < -0.4 is 5.32 Å². The first-order valence-corrected chi connectivity index (χ1v) is 9.86. The Kier molecular flexibility index (Phi) is 9.77. The van der Waals surface area contributed by atoms with Crippen molar-refractivity contribution in [2.75, 3.05) is 33.3 Å². The summed E-state index contributed by atoms with van der Waals surface area (Å²) in [5.41, 5.74) is 2.55. The summed E-state index contributed by atoms with van der Waals surface area (Å²) in [6, 6.07) is 10.7. The molecule has 0 saturated carbocycles. The molecular weight excluding hydrogens is 465 g/mol. The van der Waals surface area contributed by atoms with E-state index in [0.29, 0.717) is 6.61 Å². The number of halogens is 1. The van der Waals surface area contributed by atoms with E-state index in [1.165, 1.54) is 18.4 Å². The molecule has 0 spiro atoms. The predicted octanol–water partition coefficient (Wildman–Crippen LogP) is 3.40. The summed E-state index contributed by atoms with van der Waals surface area (Å²) in [5, 5.41) is 7.77. The summed E-state index contributed by atoms with van der Waals surface area (Å²) >= 11 is 0. The number of aromatic nitrogens is 2. The lowest BCUT2D eigenvalue weighted by atomic mass is 10.1. The number of nitrogens with zero attached hydrogens (tertiary/aromatic N) is 4. The van der Waals surface area contributed by atoms with Crippen LogP contribution in [-0.2, 0) is 18.2 Å². The maximum atomic E-state index is 5.92. The molecule has 1 aliphatic heterocycles. The highest BCUT2D eigenvalue weighted by atomic mass is 127. The highest BCUT2D eigenvalue weighted by Gasteiger charge is 2.24. The van der Waals surface area contributed by atoms with Crippen molar-refractivity contribution in [1.82, 2.24) is 20.0 Å². The van der Waals surface area contributed by atoms with Crippen LogP contribution in [0.3, 0.4) is 0 Å². The molecule has 0 aliphatic carbocycles. The van der Waals surface area contributed by atoms with E-state index in [0.717, 1.165) is 44.0 Å². The Labute approximate surface area is 185 Å². The molecule has 1 aromatic heterocycles. The largest absolute Gasteiger partial charge is 0.370 e. The monoisotopic (exact) mass is 497 g/mol. The number of nitrogens with one attached hydrogen (secondary N) is 1. The van der Waals surface area contributed by atoms with Gasteiger partial charge in [0.1, 0.15) is 6.10 Å². The normalized spacial score (nSPS) is 17.3. The minimum absolute atomic E-state index is 0. The predicted molar refractivity (Wildman–Crippen MR) is 124 cm³/mol. The topological polar surface area (TPSA) is 54.7 Å². The van der Waals surface area contributed by atoms with Crippen LogP contribution in [0.2, 0.25) is 0 Å². The molecule has 0 bridgehead atoms. The third kappa shape index (κ3) is 6.77. The van der Waals surface area contributed by atoms with E-state index in [9.17, 15) is 0 Å². The summed E-state index contributed by atoms with van der Waals surface area (Å²) in [7, 11) is 3.79. The summed E-state index contributed by atoms with van der Waals surface area (Å²) in [5.74, 6) is 0.968. The van der Waals surface area contributed by atoms with Crippen LogP contribution in [0.4, 0.5) is 0 Å². The van der Waals surface area contributed by atoms with Gasteiger partial charge in [0.05, 0.1) is 19.3 Å². The van der Waals surface area contributed by atoms with Gasteiger partial charge in [0.2, 0.25) is 0 Å². The smallest absolute Gasteiger partial charge is 0.193 e. The van der Waals surface area contributed by atoms with Crippen LogP contribution >= 0.6 is 24.0 Å². The molecule has 7 heteroatoms. The molecule has 1 atom stereocenters. The van der Waals surface area contributed by atoms with Crippen molar-refractivity contribution >= 4 is 29.9 Å². The van der Waals surface area contributed by atoms with Crippen LogP contribution in [0.5, 0.6) is 0 Å². The minimum Gasteiger partial charge on any atom is -0.370 e. The minimum atomic E-state index is 0. The first-order valence-electron chi connectivity index (χ1n) is 9.86. The number of morpholine rings is 1. The van der Waals surface area contributed by atoms with Crippen LogP contribution in [0.1, 0.15) is 36.5 Å². The summed E-state index contributed by atoms with van der Waals surface area (Å²) < 4.78 is 7.74. The molecule has 2 heterocycles. The van der Waals surface area contributed by atoms with Gasteiger partial charge in [-0.05, 0) is 24.8 Å². The van der Waals surface area contributed by atoms with Crippen molar-refractivity contribution in [3.8, 4) is 0 Å². The summed E-state index contributed by atoms with van der Waals surface area (Å²) in [4.78, 5) is 6.75. The Bertz CT molecular complexity index is 719. The first kappa shape index (κ1) is 22.7. The molecule has 1 aromatic carbocycles. The third-order valence-corrected chi connectivity index (χ3v) is 4.94. The lowest BCUT2D eigenvalue weighted by Gasteiger charge is -2.34. The highest BCUT2D eigenvalue weighted by Crippen LogP contribution is 2.21. The van der Waals surface area contributed by atoms with Gasteiger partial charge in [-0.2, -0.15) is 5.10 Å². The standard InChI is InChI=1S/C21H31N5O.HI/c1-22-21(23-12-8-4-7-11-18-9-5-3-6-10-18)26-13-14-27-20(17-26)19-15-24-25(2)16-19;/h3,5-6,9-10,15-16,20H,4,7-8,11-14,17H2,1-2H3,(H,22,23);1H. The molecule has 0 amide bonds. The van der Waals surface area contributed by atoms with Crippen LogP contribution in [0, 0.1) is 0 Å². The second kappa shape index (κ2) is 12.1. The van der Waals surface area contributed by atoms with Gasteiger partial charge in [-0.1, -0.05) is 36.8 Å². The number of rotatable bonds is 7. The lowest BCUT2D eigenvalue weighted by molar-refractivity contribution is -0.00802. The van der Waals surface area contributed by atoms with Crippen molar-refractivity contribution < 1.29 is 4.74 Å². The van der Waals surface area contributed by atoms with Gasteiger partial charge in [0.15, 0.2) is 5.96 Å². The Hall–Kier alpha value is -1.61. The van der Waals surface area contributed by atoms with Gasteiger partial charge >= 0.3 is 0 Å². The van der Waals surface area contributed by atoms with Gasteiger partial charge < -0.3 is 15.0 Å². The Balaban J connectivity index is 0.00000280. The zero-order chi connectivity index (χ0) is 18.9. The highest BCUT2D eigenvalue weighted by molar-refractivity contribution is 14.0. The number of aliphatic imine (C=N–C) groups is 1. The molecule has 1 aliphatic rings. The third-order valence-electron chi connectivity index (χ3n) is 4.94. The molecule has 0 radical (unpaired) electrons. The quantitative estimate of drug-likeness (QED) is 0.276. The number of ether oxygens (including phenoxy) is 1. The molecule has 154 valence electrons. The SMILES string of the molecule is CN=C(NCCCCCc1ccccc1)N1CCOC(c2cnn(C)c2)C1.I. The molecule has 2 aromatic rings. The molecule has 1 unspecified atom stereocenters. The Morgan fingerprint density at radius 3 is 2.79 bits per heavy atom. The van der Waals surface area contributed by atoms with Crippen molar-refractivity contribution in [3.63, 3.8) is 0 Å². The van der Waals surface area contributed by atoms with E-state index < -0.39 is 0 Å². The second-order valence-corrected chi connectivity index (χ2v) is 7.02. The van der Waals surface area contributed by atoms with E-state index >= 15 is 0 Å². The number of hydrogen-bond donors (Lipinski definition) is 1. The number of aryl methyl sites for hydroxylation is 2. The van der Waals surface area contributed by atoms with E-state index in [-0.39, 0.29) is 30.1 Å². The van der Waals surface area contributed by atoms with Crippen molar-refractivity contribution in [3.05, 3.63) is 53.9 Å². The summed E-state index contributed by atoms with van der Waals surface area (Å²) in [6.45, 7) is 3.33. The lowest BCUT2D eigenvalue weighted by Crippen LogP contribution is -2.48. The maximum absolute atomic E-state index is 5.92. The van der Waals surface area contributed by atoms with Crippen LogP contribution in [-0.4, -0.2) is 53.9 Å². The zero-order valence-corrected chi connectivity index (χ0v) is 19.2. The molecule has 3 rings (SSSR count). The number of guanidine groups is 1. The van der Waals surface area contributed by atoms with Crippen molar-refractivity contribution in [1.29, 1.82) is 0 Å². The van der Waals surface area contributed by atoms with Gasteiger partial charge in [0, 0.05) is 38.9 Å².